The first-order chi connectivity index (χ1) is 7.37. The first-order valence-corrected chi connectivity index (χ1v) is 4.99. The second kappa shape index (κ2) is 3.59. The molecule has 1 unspecified atom stereocenters. The van der Waals surface area contributed by atoms with E-state index >= 15 is 0 Å². The van der Waals surface area contributed by atoms with Crippen LogP contribution in [0.15, 0.2) is 0 Å². The van der Waals surface area contributed by atoms with E-state index in [2.05, 4.69) is 5.32 Å². The van der Waals surface area contributed by atoms with Gasteiger partial charge in [0.05, 0.1) is 24.7 Å². The summed E-state index contributed by atoms with van der Waals surface area (Å²) >= 11 is 0. The van der Waals surface area contributed by atoms with Gasteiger partial charge in [0, 0.05) is 20.1 Å². The number of likely N-dealkylation sites (N-methyl/N-ethyl adjacent to an activating group) is 1. The van der Waals surface area contributed by atoms with Crippen LogP contribution in [-0.4, -0.2) is 56.4 Å². The van der Waals surface area contributed by atoms with E-state index in [4.69, 9.17) is 4.74 Å². The zero-order valence-electron chi connectivity index (χ0n) is 8.80. The summed E-state index contributed by atoms with van der Waals surface area (Å²) in [7, 11) is 1.20. The zero-order chi connectivity index (χ0) is 12.0. The van der Waals surface area contributed by atoms with Crippen molar-refractivity contribution >= 4 is 5.91 Å². The fourth-order valence-corrected chi connectivity index (χ4v) is 2.34. The summed E-state index contributed by atoms with van der Waals surface area (Å²) in [6.07, 6.45) is -4.80. The van der Waals surface area contributed by atoms with E-state index in [-0.39, 0.29) is 5.41 Å². The van der Waals surface area contributed by atoms with Crippen LogP contribution in [0.1, 0.15) is 0 Å². The highest BCUT2D eigenvalue weighted by Gasteiger charge is 2.54. The number of ether oxygens (including phenoxy) is 1. The van der Waals surface area contributed by atoms with Crippen molar-refractivity contribution in [2.75, 3.05) is 33.4 Å². The number of amides is 1. The van der Waals surface area contributed by atoms with Crippen molar-refractivity contribution in [1.29, 1.82) is 0 Å². The first-order valence-electron chi connectivity index (χ1n) is 4.99. The highest BCUT2D eigenvalue weighted by Crippen LogP contribution is 2.37. The third-order valence-electron chi connectivity index (χ3n) is 3.33. The largest absolute Gasteiger partial charge is 0.471 e. The van der Waals surface area contributed by atoms with Crippen molar-refractivity contribution in [2.24, 2.45) is 5.41 Å². The van der Waals surface area contributed by atoms with Crippen molar-refractivity contribution in [3.63, 3.8) is 0 Å². The van der Waals surface area contributed by atoms with Gasteiger partial charge >= 0.3 is 12.1 Å². The Morgan fingerprint density at radius 2 is 2.12 bits per heavy atom. The van der Waals surface area contributed by atoms with Crippen LogP contribution in [0.2, 0.25) is 0 Å². The SMILES string of the molecule is CN(C(=O)C(F)(F)F)C1CNCC12COC2. The van der Waals surface area contributed by atoms with Gasteiger partial charge in [0.25, 0.3) is 0 Å². The van der Waals surface area contributed by atoms with Crippen LogP contribution in [0.3, 0.4) is 0 Å². The molecule has 2 saturated heterocycles. The molecular weight excluding hydrogens is 225 g/mol. The minimum Gasteiger partial charge on any atom is -0.380 e. The van der Waals surface area contributed by atoms with Gasteiger partial charge in [0.2, 0.25) is 0 Å². The summed E-state index contributed by atoms with van der Waals surface area (Å²) in [4.78, 5) is 11.9. The molecule has 2 heterocycles. The number of hydrogen-bond donors (Lipinski definition) is 1. The third kappa shape index (κ3) is 1.67. The molecule has 2 rings (SSSR count). The van der Waals surface area contributed by atoms with Gasteiger partial charge < -0.3 is 15.0 Å². The van der Waals surface area contributed by atoms with Gasteiger partial charge in [0.1, 0.15) is 0 Å². The quantitative estimate of drug-likeness (QED) is 0.699. The van der Waals surface area contributed by atoms with E-state index in [1.54, 1.807) is 0 Å². The number of hydrogen-bond acceptors (Lipinski definition) is 3. The molecule has 0 aromatic heterocycles. The number of rotatable bonds is 1. The topological polar surface area (TPSA) is 41.6 Å². The van der Waals surface area contributed by atoms with Gasteiger partial charge in [-0.3, -0.25) is 4.79 Å². The molecule has 1 atom stereocenters. The standard InChI is InChI=1S/C9H13F3N2O2/c1-14(7(15)9(10,11)12)6-2-13-3-8(6)4-16-5-8/h6,13H,2-5H2,1H3. The van der Waals surface area contributed by atoms with Crippen LogP contribution < -0.4 is 5.32 Å². The molecule has 0 bridgehead atoms. The summed E-state index contributed by atoms with van der Waals surface area (Å²) in [5.41, 5.74) is -0.324. The van der Waals surface area contributed by atoms with Crippen molar-refractivity contribution in [3.8, 4) is 0 Å². The lowest BCUT2D eigenvalue weighted by Crippen LogP contribution is -2.59. The second-order valence-corrected chi connectivity index (χ2v) is 4.42. The van der Waals surface area contributed by atoms with Crippen LogP contribution in [0.25, 0.3) is 0 Å². The Balaban J connectivity index is 2.10. The summed E-state index contributed by atoms with van der Waals surface area (Å²) in [6, 6.07) is -0.435. The number of halogens is 3. The fourth-order valence-electron chi connectivity index (χ4n) is 2.34. The van der Waals surface area contributed by atoms with Gasteiger partial charge in [-0.05, 0) is 0 Å². The Labute approximate surface area is 90.7 Å². The maximum Gasteiger partial charge on any atom is 0.471 e. The van der Waals surface area contributed by atoms with E-state index in [0.717, 1.165) is 4.90 Å². The van der Waals surface area contributed by atoms with Crippen LogP contribution in [0.5, 0.6) is 0 Å². The fraction of sp³-hybridized carbons (Fsp3) is 0.889. The predicted octanol–water partition coefficient (Wildman–Crippen LogP) is -0.00450. The highest BCUT2D eigenvalue weighted by molar-refractivity contribution is 5.82. The minimum absolute atomic E-state index is 0.324. The lowest BCUT2D eigenvalue weighted by molar-refractivity contribution is -0.194. The van der Waals surface area contributed by atoms with E-state index in [1.165, 1.54) is 7.05 Å². The molecule has 4 nitrogen and oxygen atoms in total. The van der Waals surface area contributed by atoms with Crippen LogP contribution in [0, 0.1) is 5.41 Å². The molecule has 0 aromatic carbocycles. The van der Waals surface area contributed by atoms with Crippen molar-refractivity contribution in [1.82, 2.24) is 10.2 Å². The van der Waals surface area contributed by atoms with E-state index in [9.17, 15) is 18.0 Å². The van der Waals surface area contributed by atoms with E-state index < -0.39 is 18.1 Å². The summed E-state index contributed by atoms with van der Waals surface area (Å²) in [5, 5.41) is 3.01. The van der Waals surface area contributed by atoms with E-state index in [0.29, 0.717) is 26.3 Å². The van der Waals surface area contributed by atoms with Crippen molar-refractivity contribution in [3.05, 3.63) is 0 Å². The predicted molar refractivity (Wildman–Crippen MR) is 48.7 cm³/mol. The molecule has 7 heteroatoms. The summed E-state index contributed by atoms with van der Waals surface area (Å²) in [6.45, 7) is 1.83. The summed E-state index contributed by atoms with van der Waals surface area (Å²) < 4.78 is 41.9. The Kier molecular flexibility index (Phi) is 2.62. The normalized spacial score (nSPS) is 27.9. The Morgan fingerprint density at radius 3 is 2.56 bits per heavy atom. The van der Waals surface area contributed by atoms with Crippen LogP contribution in [-0.2, 0) is 9.53 Å². The molecule has 0 aliphatic carbocycles. The molecule has 92 valence electrons. The number of nitrogens with zero attached hydrogens (tertiary/aromatic N) is 1. The highest BCUT2D eigenvalue weighted by atomic mass is 19.4. The van der Waals surface area contributed by atoms with Crippen LogP contribution >= 0.6 is 0 Å². The smallest absolute Gasteiger partial charge is 0.380 e. The molecule has 2 fully saturated rings. The van der Waals surface area contributed by atoms with E-state index in [1.807, 2.05) is 0 Å². The molecule has 1 N–H and O–H groups in total. The zero-order valence-corrected chi connectivity index (χ0v) is 8.80. The van der Waals surface area contributed by atoms with Gasteiger partial charge in [-0.2, -0.15) is 13.2 Å². The minimum atomic E-state index is -4.80. The second-order valence-electron chi connectivity index (χ2n) is 4.42. The molecular formula is C9H13F3N2O2. The summed E-state index contributed by atoms with van der Waals surface area (Å²) in [5.74, 6) is -1.78. The average Bonchev–Trinajstić information content (AvgIpc) is 2.57. The number of alkyl halides is 3. The molecule has 0 radical (unpaired) electrons. The number of carbonyl (C=O) groups is 1. The third-order valence-corrected chi connectivity index (χ3v) is 3.33. The van der Waals surface area contributed by atoms with Gasteiger partial charge in [-0.15, -0.1) is 0 Å². The van der Waals surface area contributed by atoms with Crippen molar-refractivity contribution < 1.29 is 22.7 Å². The monoisotopic (exact) mass is 238 g/mol. The van der Waals surface area contributed by atoms with Gasteiger partial charge in [-0.1, -0.05) is 0 Å². The number of carbonyl (C=O) groups excluding carboxylic acids is 1. The van der Waals surface area contributed by atoms with Crippen molar-refractivity contribution in [2.45, 2.75) is 12.2 Å². The molecule has 2 aliphatic heterocycles. The van der Waals surface area contributed by atoms with Gasteiger partial charge in [0.15, 0.2) is 0 Å². The molecule has 2 aliphatic rings. The Morgan fingerprint density at radius 1 is 1.50 bits per heavy atom. The maximum atomic E-state index is 12.3. The van der Waals surface area contributed by atoms with Gasteiger partial charge in [-0.25, -0.2) is 0 Å². The maximum absolute atomic E-state index is 12.3. The number of nitrogens with one attached hydrogen (secondary N) is 1. The molecule has 1 amide bonds. The Bertz CT molecular complexity index is 302. The lowest BCUT2D eigenvalue weighted by atomic mass is 9.80. The molecule has 0 saturated carbocycles. The first kappa shape index (κ1) is 11.7. The average molecular weight is 238 g/mol. The molecule has 1 spiro atoms. The molecule has 0 aromatic rings. The molecule has 16 heavy (non-hydrogen) atoms. The Hall–Kier alpha value is -0.820. The lowest BCUT2D eigenvalue weighted by Gasteiger charge is -2.45. The van der Waals surface area contributed by atoms with Crippen LogP contribution in [0.4, 0.5) is 13.2 Å².